The van der Waals surface area contributed by atoms with Gasteiger partial charge in [-0.15, -0.1) is 0 Å². The first-order valence-corrected chi connectivity index (χ1v) is 6.86. The molecule has 0 saturated carbocycles. The molecule has 1 aromatic rings. The van der Waals surface area contributed by atoms with Gasteiger partial charge in [-0.05, 0) is 63.8 Å². The van der Waals surface area contributed by atoms with Gasteiger partial charge < -0.3 is 15.2 Å². The summed E-state index contributed by atoms with van der Waals surface area (Å²) in [7, 11) is 1.42. The van der Waals surface area contributed by atoms with Crippen LogP contribution in [0.2, 0.25) is 0 Å². The van der Waals surface area contributed by atoms with Crippen LogP contribution in [0, 0.1) is 19.3 Å². The van der Waals surface area contributed by atoms with E-state index < -0.39 is 5.41 Å². The standard InChI is InChI=1S/C16H25NO3/c1-11-10-14(12(2)9-13(11)17)20-8-6-7-16(3,4)15(18)19-5/h9-10H,6-8,17H2,1-5H3. The van der Waals surface area contributed by atoms with Crippen molar-refractivity contribution < 1.29 is 14.3 Å². The summed E-state index contributed by atoms with van der Waals surface area (Å²) in [6.45, 7) is 8.28. The van der Waals surface area contributed by atoms with Crippen LogP contribution in [0.1, 0.15) is 37.8 Å². The minimum Gasteiger partial charge on any atom is -0.493 e. The second kappa shape index (κ2) is 6.64. The molecule has 0 saturated heterocycles. The zero-order valence-corrected chi connectivity index (χ0v) is 13.1. The van der Waals surface area contributed by atoms with Crippen LogP contribution >= 0.6 is 0 Å². The number of carbonyl (C=O) groups is 1. The van der Waals surface area contributed by atoms with E-state index in [2.05, 4.69) is 0 Å². The second-order valence-corrected chi connectivity index (χ2v) is 5.80. The highest BCUT2D eigenvalue weighted by atomic mass is 16.5. The van der Waals surface area contributed by atoms with E-state index in [0.29, 0.717) is 6.61 Å². The van der Waals surface area contributed by atoms with E-state index in [1.807, 2.05) is 39.8 Å². The van der Waals surface area contributed by atoms with E-state index in [0.717, 1.165) is 35.4 Å². The number of benzene rings is 1. The van der Waals surface area contributed by atoms with Crippen molar-refractivity contribution in [2.75, 3.05) is 19.5 Å². The van der Waals surface area contributed by atoms with Crippen LogP contribution in [0.5, 0.6) is 5.75 Å². The predicted octanol–water partition coefficient (Wildman–Crippen LogP) is 3.24. The molecule has 0 amide bonds. The molecular formula is C16H25NO3. The fraction of sp³-hybridized carbons (Fsp3) is 0.562. The van der Waals surface area contributed by atoms with Crippen molar-refractivity contribution >= 4 is 11.7 Å². The van der Waals surface area contributed by atoms with Crippen molar-refractivity contribution in [3.05, 3.63) is 23.3 Å². The topological polar surface area (TPSA) is 61.5 Å². The van der Waals surface area contributed by atoms with E-state index in [-0.39, 0.29) is 5.97 Å². The Morgan fingerprint density at radius 1 is 1.25 bits per heavy atom. The summed E-state index contributed by atoms with van der Waals surface area (Å²) in [5.41, 5.74) is 8.20. The van der Waals surface area contributed by atoms with Gasteiger partial charge in [-0.25, -0.2) is 0 Å². The Morgan fingerprint density at radius 3 is 2.50 bits per heavy atom. The summed E-state index contributed by atoms with van der Waals surface area (Å²) in [6.07, 6.45) is 1.53. The van der Waals surface area contributed by atoms with Crippen molar-refractivity contribution in [2.24, 2.45) is 5.41 Å². The van der Waals surface area contributed by atoms with E-state index >= 15 is 0 Å². The number of hydrogen-bond acceptors (Lipinski definition) is 4. The highest BCUT2D eigenvalue weighted by Crippen LogP contribution is 2.26. The first kappa shape index (κ1) is 16.3. The number of ether oxygens (including phenoxy) is 2. The monoisotopic (exact) mass is 279 g/mol. The first-order valence-electron chi connectivity index (χ1n) is 6.86. The summed E-state index contributed by atoms with van der Waals surface area (Å²) in [5.74, 6) is 0.671. The molecule has 1 aromatic carbocycles. The summed E-state index contributed by atoms with van der Waals surface area (Å²) in [5, 5.41) is 0. The van der Waals surface area contributed by atoms with Crippen LogP contribution in [0.15, 0.2) is 12.1 Å². The Hall–Kier alpha value is -1.71. The Balaban J connectivity index is 2.50. The highest BCUT2D eigenvalue weighted by Gasteiger charge is 2.27. The number of aryl methyl sites for hydroxylation is 2. The number of hydrogen-bond donors (Lipinski definition) is 1. The number of rotatable bonds is 6. The molecule has 20 heavy (non-hydrogen) atoms. The molecule has 0 aromatic heterocycles. The van der Waals surface area contributed by atoms with E-state index in [4.69, 9.17) is 15.2 Å². The zero-order valence-electron chi connectivity index (χ0n) is 13.1. The lowest BCUT2D eigenvalue weighted by atomic mass is 9.88. The lowest BCUT2D eigenvalue weighted by Crippen LogP contribution is -2.26. The van der Waals surface area contributed by atoms with Gasteiger partial charge in [0.05, 0.1) is 19.1 Å². The summed E-state index contributed by atoms with van der Waals surface area (Å²) >= 11 is 0. The van der Waals surface area contributed by atoms with Crippen LogP contribution in [0.25, 0.3) is 0 Å². The molecule has 2 N–H and O–H groups in total. The van der Waals surface area contributed by atoms with Crippen molar-refractivity contribution in [3.8, 4) is 5.75 Å². The molecule has 0 atom stereocenters. The van der Waals surface area contributed by atoms with E-state index in [1.165, 1.54) is 7.11 Å². The van der Waals surface area contributed by atoms with Crippen molar-refractivity contribution in [1.82, 2.24) is 0 Å². The molecule has 0 aliphatic heterocycles. The van der Waals surface area contributed by atoms with Gasteiger partial charge in [0.15, 0.2) is 0 Å². The SMILES string of the molecule is COC(=O)C(C)(C)CCCOc1cc(C)c(N)cc1C. The molecule has 112 valence electrons. The van der Waals surface area contributed by atoms with Gasteiger partial charge in [-0.3, -0.25) is 4.79 Å². The number of esters is 1. The third kappa shape index (κ3) is 4.15. The Labute approximate surface area is 121 Å². The summed E-state index contributed by atoms with van der Waals surface area (Å²) < 4.78 is 10.6. The number of methoxy groups -OCH3 is 1. The Bertz CT molecular complexity index is 481. The number of nitrogens with two attached hydrogens (primary N) is 1. The zero-order chi connectivity index (χ0) is 15.3. The normalized spacial score (nSPS) is 11.2. The third-order valence-corrected chi connectivity index (χ3v) is 3.51. The maximum absolute atomic E-state index is 11.6. The lowest BCUT2D eigenvalue weighted by Gasteiger charge is -2.21. The molecule has 0 spiro atoms. The maximum atomic E-state index is 11.6. The number of carbonyl (C=O) groups excluding carboxylic acids is 1. The Kier molecular flexibility index (Phi) is 5.43. The third-order valence-electron chi connectivity index (χ3n) is 3.51. The van der Waals surface area contributed by atoms with Crippen molar-refractivity contribution in [2.45, 2.75) is 40.5 Å². The molecule has 0 fully saturated rings. The minimum atomic E-state index is -0.468. The van der Waals surface area contributed by atoms with Gasteiger partial charge in [0.2, 0.25) is 0 Å². The number of nitrogen functional groups attached to an aromatic ring is 1. The molecule has 4 heteroatoms. The van der Waals surface area contributed by atoms with Gasteiger partial charge >= 0.3 is 5.97 Å². The fourth-order valence-electron chi connectivity index (χ4n) is 2.04. The molecule has 0 heterocycles. The average molecular weight is 279 g/mol. The molecular weight excluding hydrogens is 254 g/mol. The van der Waals surface area contributed by atoms with Gasteiger partial charge in [0.1, 0.15) is 5.75 Å². The molecule has 0 radical (unpaired) electrons. The van der Waals surface area contributed by atoms with Crippen LogP contribution in [0.4, 0.5) is 5.69 Å². The minimum absolute atomic E-state index is 0.183. The molecule has 0 aliphatic rings. The summed E-state index contributed by atoms with van der Waals surface area (Å²) in [6, 6.07) is 3.87. The molecule has 0 unspecified atom stereocenters. The highest BCUT2D eigenvalue weighted by molar-refractivity contribution is 5.75. The van der Waals surface area contributed by atoms with Gasteiger partial charge in [-0.2, -0.15) is 0 Å². The largest absolute Gasteiger partial charge is 0.493 e. The summed E-state index contributed by atoms with van der Waals surface area (Å²) in [4.78, 5) is 11.6. The van der Waals surface area contributed by atoms with Crippen LogP contribution in [-0.2, 0) is 9.53 Å². The Morgan fingerprint density at radius 2 is 1.90 bits per heavy atom. The predicted molar refractivity (Wildman–Crippen MR) is 80.9 cm³/mol. The smallest absolute Gasteiger partial charge is 0.311 e. The second-order valence-electron chi connectivity index (χ2n) is 5.80. The lowest BCUT2D eigenvalue weighted by molar-refractivity contribution is -0.151. The molecule has 0 bridgehead atoms. The quantitative estimate of drug-likeness (QED) is 0.493. The van der Waals surface area contributed by atoms with Crippen molar-refractivity contribution in [3.63, 3.8) is 0 Å². The number of anilines is 1. The van der Waals surface area contributed by atoms with Crippen LogP contribution in [-0.4, -0.2) is 19.7 Å². The van der Waals surface area contributed by atoms with Gasteiger partial charge in [-0.1, -0.05) is 0 Å². The van der Waals surface area contributed by atoms with E-state index in [9.17, 15) is 4.79 Å². The van der Waals surface area contributed by atoms with Crippen LogP contribution in [0.3, 0.4) is 0 Å². The van der Waals surface area contributed by atoms with Crippen LogP contribution < -0.4 is 10.5 Å². The van der Waals surface area contributed by atoms with Crippen molar-refractivity contribution in [1.29, 1.82) is 0 Å². The molecule has 4 nitrogen and oxygen atoms in total. The van der Waals surface area contributed by atoms with Gasteiger partial charge in [0.25, 0.3) is 0 Å². The average Bonchev–Trinajstić information content (AvgIpc) is 2.39. The van der Waals surface area contributed by atoms with E-state index in [1.54, 1.807) is 0 Å². The maximum Gasteiger partial charge on any atom is 0.311 e. The fourth-order valence-corrected chi connectivity index (χ4v) is 2.04. The first-order chi connectivity index (χ1) is 9.27. The molecule has 1 rings (SSSR count). The molecule has 0 aliphatic carbocycles. The van der Waals surface area contributed by atoms with Gasteiger partial charge in [0, 0.05) is 5.69 Å².